The molecule has 0 aliphatic heterocycles. The molecule has 0 unspecified atom stereocenters. The fourth-order valence-electron chi connectivity index (χ4n) is 4.07. The van der Waals surface area contributed by atoms with Crippen LogP contribution in [-0.2, 0) is 0 Å². The van der Waals surface area contributed by atoms with Crippen molar-refractivity contribution in [3.05, 3.63) is 117 Å². The molecule has 8 nitrogen and oxygen atoms in total. The van der Waals surface area contributed by atoms with E-state index < -0.39 is 11.1 Å². The van der Waals surface area contributed by atoms with Gasteiger partial charge < -0.3 is 4.42 Å². The summed E-state index contributed by atoms with van der Waals surface area (Å²) in [5, 5.41) is 14.9. The Kier molecular flexibility index (Phi) is 4.61. The average Bonchev–Trinajstić information content (AvgIpc) is 3.35. The van der Waals surface area contributed by atoms with E-state index in [-0.39, 0.29) is 22.5 Å². The third kappa shape index (κ3) is 3.22. The summed E-state index contributed by atoms with van der Waals surface area (Å²) in [6, 6.07) is 27.4. The number of rotatable bonds is 3. The van der Waals surface area contributed by atoms with Crippen LogP contribution >= 0.6 is 0 Å². The number of nitriles is 1. The van der Waals surface area contributed by atoms with Gasteiger partial charge >= 0.3 is 5.84 Å². The number of benzene rings is 3. The molecule has 0 aliphatic carbocycles. The summed E-state index contributed by atoms with van der Waals surface area (Å²) < 4.78 is 8.29. The summed E-state index contributed by atoms with van der Waals surface area (Å²) >= 11 is 0. The van der Waals surface area contributed by atoms with Crippen LogP contribution in [0.15, 0.2) is 105 Å². The van der Waals surface area contributed by atoms with E-state index in [1.165, 1.54) is 0 Å². The van der Waals surface area contributed by atoms with E-state index in [0.29, 0.717) is 16.8 Å². The van der Waals surface area contributed by atoms with Crippen LogP contribution in [0.3, 0.4) is 0 Å². The smallest absolute Gasteiger partial charge is 0.312 e. The Morgan fingerprint density at radius 1 is 0.800 bits per heavy atom. The Morgan fingerprint density at radius 3 is 2.23 bits per heavy atom. The van der Waals surface area contributed by atoms with E-state index in [4.69, 9.17) is 9.52 Å². The lowest BCUT2D eigenvalue weighted by Gasteiger charge is -2.07. The van der Waals surface area contributed by atoms with Gasteiger partial charge in [0.2, 0.25) is 0 Å². The maximum Gasteiger partial charge on any atom is 0.312 e. The first-order valence-electron chi connectivity index (χ1n) is 10.8. The topological polar surface area (TPSA) is 106 Å². The van der Waals surface area contributed by atoms with Gasteiger partial charge in [0.1, 0.15) is 28.6 Å². The molecule has 6 rings (SSSR count). The van der Waals surface area contributed by atoms with E-state index in [1.807, 2.05) is 66.7 Å². The first-order valence-corrected chi connectivity index (χ1v) is 10.8. The molecule has 0 atom stereocenters. The van der Waals surface area contributed by atoms with Crippen LogP contribution in [0.5, 0.6) is 0 Å². The summed E-state index contributed by atoms with van der Waals surface area (Å²) in [5.41, 5.74) is 1.31. The quantitative estimate of drug-likeness (QED) is 0.369. The second-order valence-corrected chi connectivity index (χ2v) is 7.81. The van der Waals surface area contributed by atoms with E-state index >= 15 is 0 Å². The number of para-hydroxylation sites is 2. The summed E-state index contributed by atoms with van der Waals surface area (Å²) in [5.74, 6) is -0.195. The zero-order valence-corrected chi connectivity index (χ0v) is 18.1. The molecule has 6 aromatic rings. The molecule has 0 aliphatic rings. The van der Waals surface area contributed by atoms with Gasteiger partial charge in [0.15, 0.2) is 0 Å². The Bertz CT molecular complexity index is 1900. The van der Waals surface area contributed by atoms with Gasteiger partial charge in [0.25, 0.3) is 11.1 Å². The highest BCUT2D eigenvalue weighted by Crippen LogP contribution is 2.32. The van der Waals surface area contributed by atoms with Crippen LogP contribution in [0.1, 0.15) is 5.56 Å². The SMILES string of the molecule is N#Cc1c(-c2cn(-c3ccccc3)nc2-c2ccccc2)nc2oc3ccccc3c(=O)n2c1=O. The van der Waals surface area contributed by atoms with Crippen molar-refractivity contribution >= 4 is 16.8 Å². The van der Waals surface area contributed by atoms with Gasteiger partial charge in [-0.1, -0.05) is 60.7 Å². The largest absolute Gasteiger partial charge is 0.424 e. The summed E-state index contributed by atoms with van der Waals surface area (Å²) in [6.45, 7) is 0. The molecule has 8 heteroatoms. The number of fused-ring (bicyclic) bond motifs is 2. The third-order valence-electron chi connectivity index (χ3n) is 5.72. The van der Waals surface area contributed by atoms with Gasteiger partial charge in [0.05, 0.1) is 11.1 Å². The van der Waals surface area contributed by atoms with Gasteiger partial charge in [-0.2, -0.15) is 19.7 Å². The van der Waals surface area contributed by atoms with E-state index in [2.05, 4.69) is 4.98 Å². The van der Waals surface area contributed by atoms with Crippen molar-refractivity contribution in [2.75, 3.05) is 0 Å². The second kappa shape index (κ2) is 7.93. The number of aromatic nitrogens is 4. The highest BCUT2D eigenvalue weighted by atomic mass is 16.4. The summed E-state index contributed by atoms with van der Waals surface area (Å²) in [4.78, 5) is 30.9. The lowest BCUT2D eigenvalue weighted by molar-refractivity contribution is 0.602. The number of hydrogen-bond donors (Lipinski definition) is 0. The minimum absolute atomic E-state index is 0.0944. The number of hydrogen-bond acceptors (Lipinski definition) is 6. The van der Waals surface area contributed by atoms with Gasteiger partial charge in [-0.05, 0) is 24.3 Å². The molecule has 3 heterocycles. The van der Waals surface area contributed by atoms with E-state index in [1.54, 1.807) is 35.1 Å². The first-order chi connectivity index (χ1) is 17.2. The first kappa shape index (κ1) is 20.3. The van der Waals surface area contributed by atoms with Gasteiger partial charge in [-0.3, -0.25) is 9.59 Å². The normalized spacial score (nSPS) is 11.1. The second-order valence-electron chi connectivity index (χ2n) is 7.81. The predicted octanol–water partition coefficient (Wildman–Crippen LogP) is 4.19. The maximum atomic E-state index is 13.4. The molecule has 0 saturated heterocycles. The van der Waals surface area contributed by atoms with Gasteiger partial charge in [0, 0.05) is 17.3 Å². The van der Waals surface area contributed by atoms with Crippen molar-refractivity contribution in [3.63, 3.8) is 0 Å². The molecule has 0 amide bonds. The molecule has 0 saturated carbocycles. The zero-order valence-electron chi connectivity index (χ0n) is 18.1. The standard InChI is InChI=1S/C27H15N5O3/c28-15-20-24(29-27-32(26(20)34)25(33)19-13-7-8-14-22(19)35-27)21-16-31(18-11-5-2-6-12-18)30-23(21)17-9-3-1-4-10-17/h1-14,16H. The Balaban J connectivity index is 1.71. The molecule has 0 bridgehead atoms. The van der Waals surface area contributed by atoms with Crippen molar-refractivity contribution < 1.29 is 4.42 Å². The third-order valence-corrected chi connectivity index (χ3v) is 5.72. The van der Waals surface area contributed by atoms with Crippen LogP contribution in [-0.4, -0.2) is 19.2 Å². The monoisotopic (exact) mass is 457 g/mol. The average molecular weight is 457 g/mol. The van der Waals surface area contributed by atoms with E-state index in [0.717, 1.165) is 15.7 Å². The van der Waals surface area contributed by atoms with Crippen LogP contribution in [0, 0.1) is 11.3 Å². The highest BCUT2D eigenvalue weighted by Gasteiger charge is 2.23. The zero-order chi connectivity index (χ0) is 23.9. The molecule has 166 valence electrons. The van der Waals surface area contributed by atoms with Crippen LogP contribution < -0.4 is 11.1 Å². The number of nitrogens with zero attached hydrogens (tertiary/aromatic N) is 5. The van der Waals surface area contributed by atoms with E-state index in [9.17, 15) is 14.9 Å². The fourth-order valence-corrected chi connectivity index (χ4v) is 4.07. The molecule has 3 aromatic carbocycles. The van der Waals surface area contributed by atoms with Crippen LogP contribution in [0.2, 0.25) is 0 Å². The summed E-state index contributed by atoms with van der Waals surface area (Å²) in [6.07, 6.45) is 1.72. The van der Waals surface area contributed by atoms with Crippen LogP contribution in [0.25, 0.3) is 45.0 Å². The summed E-state index contributed by atoms with van der Waals surface area (Å²) in [7, 11) is 0. The van der Waals surface area contributed by atoms with Crippen molar-refractivity contribution in [1.29, 1.82) is 5.26 Å². The highest BCUT2D eigenvalue weighted by molar-refractivity contribution is 5.82. The molecule has 0 radical (unpaired) electrons. The molecule has 0 fully saturated rings. The lowest BCUT2D eigenvalue weighted by Crippen LogP contribution is -2.30. The van der Waals surface area contributed by atoms with Crippen LogP contribution in [0.4, 0.5) is 0 Å². The fraction of sp³-hybridized carbons (Fsp3) is 0. The molecular weight excluding hydrogens is 442 g/mol. The molecule has 0 N–H and O–H groups in total. The van der Waals surface area contributed by atoms with Crippen molar-refractivity contribution in [1.82, 2.24) is 19.2 Å². The van der Waals surface area contributed by atoms with Gasteiger partial charge in [-0.25, -0.2) is 4.68 Å². The minimum Gasteiger partial charge on any atom is -0.424 e. The Hall–Kier alpha value is -5.29. The maximum absolute atomic E-state index is 13.4. The molecule has 35 heavy (non-hydrogen) atoms. The predicted molar refractivity (Wildman–Crippen MR) is 130 cm³/mol. The molecule has 0 spiro atoms. The molecular formula is C27H15N5O3. The molecule has 3 aromatic heterocycles. The Morgan fingerprint density at radius 2 is 1.49 bits per heavy atom. The van der Waals surface area contributed by atoms with Gasteiger partial charge in [-0.15, -0.1) is 0 Å². The minimum atomic E-state index is -0.793. The van der Waals surface area contributed by atoms with Crippen molar-refractivity contribution in [2.45, 2.75) is 0 Å². The lowest BCUT2D eigenvalue weighted by atomic mass is 10.0. The van der Waals surface area contributed by atoms with Crippen molar-refractivity contribution in [3.8, 4) is 34.3 Å². The Labute approximate surface area is 197 Å². The van der Waals surface area contributed by atoms with Crippen molar-refractivity contribution in [2.24, 2.45) is 0 Å².